The Morgan fingerprint density at radius 2 is 1.24 bits per heavy atom. The van der Waals surface area contributed by atoms with Crippen LogP contribution in [-0.4, -0.2) is 23.6 Å². The molecule has 4 nitrogen and oxygen atoms in total. The Labute approximate surface area is 169 Å². The molecule has 0 spiro atoms. The Morgan fingerprint density at radius 1 is 0.828 bits per heavy atom. The fourth-order valence-electron chi connectivity index (χ4n) is 3.01. The number of hydrogen-bond acceptors (Lipinski definition) is 4. The van der Waals surface area contributed by atoms with E-state index in [0.29, 0.717) is 0 Å². The molecule has 0 aliphatic carbocycles. The maximum atomic E-state index is 13.3. The summed E-state index contributed by atoms with van der Waals surface area (Å²) in [7, 11) is 0. The van der Waals surface area contributed by atoms with E-state index in [2.05, 4.69) is 0 Å². The zero-order valence-corrected chi connectivity index (χ0v) is 17.1. The van der Waals surface area contributed by atoms with E-state index in [1.807, 2.05) is 0 Å². The third-order valence-corrected chi connectivity index (χ3v) is 4.20. The Balaban J connectivity index is 2.10. The number of hydrogen-bond donors (Lipinski definition) is 0. The van der Waals surface area contributed by atoms with Gasteiger partial charge in [0, 0.05) is 5.92 Å². The third-order valence-electron chi connectivity index (χ3n) is 4.20. The van der Waals surface area contributed by atoms with Gasteiger partial charge in [0.15, 0.2) is 0 Å². The predicted molar refractivity (Wildman–Crippen MR) is 105 cm³/mol. The second-order valence-electron chi connectivity index (χ2n) is 7.86. The van der Waals surface area contributed by atoms with Crippen LogP contribution in [0.5, 0.6) is 0 Å². The first-order chi connectivity index (χ1) is 13.5. The van der Waals surface area contributed by atoms with Crippen molar-refractivity contribution >= 4 is 11.9 Å². The number of ether oxygens (including phenoxy) is 2. The lowest BCUT2D eigenvalue weighted by Crippen LogP contribution is -2.26. The van der Waals surface area contributed by atoms with Crippen molar-refractivity contribution in [1.29, 1.82) is 0 Å². The van der Waals surface area contributed by atoms with Gasteiger partial charge >= 0.3 is 11.9 Å². The molecule has 0 aliphatic rings. The van der Waals surface area contributed by atoms with Gasteiger partial charge < -0.3 is 9.47 Å². The quantitative estimate of drug-likeness (QED) is 0.599. The molecular weight excluding hydrogens is 378 g/mol. The zero-order valence-electron chi connectivity index (χ0n) is 17.1. The molecule has 156 valence electrons. The summed E-state index contributed by atoms with van der Waals surface area (Å²) in [4.78, 5) is 24.0. The summed E-state index contributed by atoms with van der Waals surface area (Å²) in [5.74, 6) is -2.20. The van der Waals surface area contributed by atoms with Gasteiger partial charge in [0.25, 0.3) is 0 Å². The molecule has 0 saturated heterocycles. The van der Waals surface area contributed by atoms with Crippen molar-refractivity contribution in [2.45, 2.75) is 58.2 Å². The lowest BCUT2D eigenvalue weighted by Gasteiger charge is -2.25. The summed E-state index contributed by atoms with van der Waals surface area (Å²) in [6.07, 6.45) is -0.809. The van der Waals surface area contributed by atoms with Gasteiger partial charge in [-0.1, -0.05) is 24.3 Å². The van der Waals surface area contributed by atoms with Crippen LogP contribution in [0.15, 0.2) is 48.5 Å². The van der Waals surface area contributed by atoms with E-state index >= 15 is 0 Å². The lowest BCUT2D eigenvalue weighted by atomic mass is 9.87. The number of carbonyl (C=O) groups is 2. The van der Waals surface area contributed by atoms with Crippen molar-refractivity contribution in [1.82, 2.24) is 0 Å². The third kappa shape index (κ3) is 7.29. The molecule has 6 heteroatoms. The molecule has 2 aromatic rings. The van der Waals surface area contributed by atoms with Crippen LogP contribution >= 0.6 is 0 Å². The van der Waals surface area contributed by atoms with Crippen molar-refractivity contribution in [3.8, 4) is 0 Å². The molecule has 0 aliphatic heterocycles. The van der Waals surface area contributed by atoms with Crippen molar-refractivity contribution in [2.24, 2.45) is 0 Å². The van der Waals surface area contributed by atoms with Crippen LogP contribution in [-0.2, 0) is 19.1 Å². The molecule has 0 bridgehead atoms. The van der Waals surface area contributed by atoms with Crippen molar-refractivity contribution in [3.63, 3.8) is 0 Å². The van der Waals surface area contributed by atoms with Crippen LogP contribution in [0.1, 0.15) is 57.6 Å². The zero-order chi connectivity index (χ0) is 21.6. The molecular formula is C23H26F2O4. The van der Waals surface area contributed by atoms with Crippen molar-refractivity contribution in [3.05, 3.63) is 71.3 Å². The van der Waals surface area contributed by atoms with Crippen LogP contribution in [0.25, 0.3) is 0 Å². The van der Waals surface area contributed by atoms with Crippen molar-refractivity contribution < 1.29 is 27.8 Å². The maximum absolute atomic E-state index is 13.3. The van der Waals surface area contributed by atoms with Gasteiger partial charge in [0.2, 0.25) is 0 Å². The van der Waals surface area contributed by atoms with Gasteiger partial charge in [-0.2, -0.15) is 0 Å². The molecule has 0 N–H and O–H groups in total. The van der Waals surface area contributed by atoms with E-state index in [1.165, 1.54) is 24.3 Å². The second-order valence-corrected chi connectivity index (χ2v) is 7.86. The fraction of sp³-hybridized carbons (Fsp3) is 0.391. The molecule has 1 atom stereocenters. The van der Waals surface area contributed by atoms with Crippen LogP contribution in [0, 0.1) is 11.6 Å². The highest BCUT2D eigenvalue weighted by Crippen LogP contribution is 2.30. The highest BCUT2D eigenvalue weighted by molar-refractivity contribution is 5.78. The molecule has 29 heavy (non-hydrogen) atoms. The molecule has 0 saturated carbocycles. The smallest absolute Gasteiger partial charge is 0.306 e. The number of carbonyl (C=O) groups excluding carboxylic acids is 2. The summed E-state index contributed by atoms with van der Waals surface area (Å²) in [6, 6.07) is 11.7. The highest BCUT2D eigenvalue weighted by Gasteiger charge is 2.26. The lowest BCUT2D eigenvalue weighted by molar-refractivity contribution is -0.159. The summed E-state index contributed by atoms with van der Waals surface area (Å²) >= 11 is 0. The number of benzene rings is 2. The SMILES string of the molecule is C[C@H](OC(=O)CCC(=O)OC(C)(C)C)C(c1ccc(F)cc1)c1ccc(F)cc1. The van der Waals surface area contributed by atoms with Gasteiger partial charge in [-0.05, 0) is 63.1 Å². The Morgan fingerprint density at radius 3 is 1.66 bits per heavy atom. The van der Waals surface area contributed by atoms with Crippen LogP contribution < -0.4 is 0 Å². The van der Waals surface area contributed by atoms with Gasteiger partial charge in [-0.25, -0.2) is 8.78 Å². The Hall–Kier alpha value is -2.76. The average molecular weight is 404 g/mol. The minimum Gasteiger partial charge on any atom is -0.462 e. The first kappa shape index (κ1) is 22.5. The van der Waals surface area contributed by atoms with Gasteiger partial charge in [0.1, 0.15) is 23.3 Å². The maximum Gasteiger partial charge on any atom is 0.306 e. The summed E-state index contributed by atoms with van der Waals surface area (Å²) in [5, 5.41) is 0. The fourth-order valence-corrected chi connectivity index (χ4v) is 3.01. The first-order valence-corrected chi connectivity index (χ1v) is 9.47. The average Bonchev–Trinajstić information content (AvgIpc) is 2.62. The van der Waals surface area contributed by atoms with Crippen LogP contribution in [0.3, 0.4) is 0 Å². The van der Waals surface area contributed by atoms with E-state index in [1.54, 1.807) is 52.0 Å². The molecule has 0 amide bonds. The van der Waals surface area contributed by atoms with Gasteiger partial charge in [-0.3, -0.25) is 9.59 Å². The minimum atomic E-state index is -0.620. The molecule has 2 aromatic carbocycles. The standard InChI is InChI=1S/C23H26F2O4/c1-15(28-20(26)13-14-21(27)29-23(2,3)4)22(16-5-9-18(24)10-6-16)17-7-11-19(25)12-8-17/h5-12,15,22H,13-14H2,1-4H3/t15-/m0/s1. The summed E-state index contributed by atoms with van der Waals surface area (Å²) in [6.45, 7) is 6.96. The van der Waals surface area contributed by atoms with E-state index in [4.69, 9.17) is 9.47 Å². The Bertz CT molecular complexity index is 778. The van der Waals surface area contributed by atoms with E-state index in [0.717, 1.165) is 11.1 Å². The van der Waals surface area contributed by atoms with E-state index in [9.17, 15) is 18.4 Å². The van der Waals surface area contributed by atoms with E-state index < -0.39 is 29.6 Å². The van der Waals surface area contributed by atoms with Gasteiger partial charge in [-0.15, -0.1) is 0 Å². The number of halogens is 2. The largest absolute Gasteiger partial charge is 0.462 e. The second kappa shape index (κ2) is 9.63. The van der Waals surface area contributed by atoms with Crippen LogP contribution in [0.4, 0.5) is 8.78 Å². The number of esters is 2. The number of rotatable bonds is 7. The molecule has 0 aromatic heterocycles. The normalized spacial score (nSPS) is 12.5. The first-order valence-electron chi connectivity index (χ1n) is 9.47. The topological polar surface area (TPSA) is 52.6 Å². The molecule has 2 rings (SSSR count). The minimum absolute atomic E-state index is 0.0828. The molecule has 0 radical (unpaired) electrons. The molecule has 0 heterocycles. The van der Waals surface area contributed by atoms with Gasteiger partial charge in [0.05, 0.1) is 12.8 Å². The molecule has 0 fully saturated rings. The highest BCUT2D eigenvalue weighted by atomic mass is 19.1. The summed E-state index contributed by atoms with van der Waals surface area (Å²) < 4.78 is 37.4. The van der Waals surface area contributed by atoms with Crippen molar-refractivity contribution in [2.75, 3.05) is 0 Å². The van der Waals surface area contributed by atoms with E-state index in [-0.39, 0.29) is 24.5 Å². The van der Waals surface area contributed by atoms with Crippen LogP contribution in [0.2, 0.25) is 0 Å². The molecule has 0 unspecified atom stereocenters. The summed E-state index contributed by atoms with van der Waals surface area (Å²) in [5.41, 5.74) is 0.834. The predicted octanol–water partition coefficient (Wildman–Crippen LogP) is 5.15. The monoisotopic (exact) mass is 404 g/mol. The Kier molecular flexibility index (Phi) is 7.48.